The largest absolute Gasteiger partial charge is 0.338 e. The Bertz CT molecular complexity index is 575. The molecule has 0 aromatic heterocycles. The first-order chi connectivity index (χ1) is 14.2. The zero-order chi connectivity index (χ0) is 21.0. The van der Waals surface area contributed by atoms with Crippen LogP contribution in [0.25, 0.3) is 0 Å². The number of allylic oxidation sites excluding steroid dienone is 4. The van der Waals surface area contributed by atoms with Crippen molar-refractivity contribution in [3.63, 3.8) is 0 Å². The Morgan fingerprint density at radius 1 is 0.793 bits per heavy atom. The SMILES string of the molecule is CCCCC/C=C/C/C=C\CCCCCCCCNC(=O)Nc1ccc(C)cc1. The molecule has 29 heavy (non-hydrogen) atoms. The summed E-state index contributed by atoms with van der Waals surface area (Å²) in [5.74, 6) is 0. The summed E-state index contributed by atoms with van der Waals surface area (Å²) in [5.41, 5.74) is 2.03. The zero-order valence-electron chi connectivity index (χ0n) is 18.7. The van der Waals surface area contributed by atoms with E-state index in [2.05, 4.69) is 41.9 Å². The minimum Gasteiger partial charge on any atom is -0.338 e. The molecule has 3 nitrogen and oxygen atoms in total. The summed E-state index contributed by atoms with van der Waals surface area (Å²) in [6, 6.07) is 7.73. The average molecular weight is 399 g/mol. The van der Waals surface area contributed by atoms with Crippen LogP contribution in [0.3, 0.4) is 0 Å². The number of aryl methyl sites for hydroxylation is 1. The molecule has 0 fully saturated rings. The third-order valence-corrected chi connectivity index (χ3v) is 4.97. The van der Waals surface area contributed by atoms with Crippen molar-refractivity contribution >= 4 is 11.7 Å². The summed E-state index contributed by atoms with van der Waals surface area (Å²) < 4.78 is 0. The Morgan fingerprint density at radius 3 is 2.03 bits per heavy atom. The van der Waals surface area contributed by atoms with Crippen LogP contribution in [0.15, 0.2) is 48.6 Å². The van der Waals surface area contributed by atoms with Crippen molar-refractivity contribution in [3.8, 4) is 0 Å². The molecule has 0 unspecified atom stereocenters. The maximum absolute atomic E-state index is 11.8. The molecule has 0 heterocycles. The Labute approximate surface area is 179 Å². The van der Waals surface area contributed by atoms with E-state index in [1.165, 1.54) is 69.8 Å². The van der Waals surface area contributed by atoms with Gasteiger partial charge in [0.2, 0.25) is 0 Å². The number of unbranched alkanes of at least 4 members (excludes halogenated alkanes) is 9. The van der Waals surface area contributed by atoms with Crippen LogP contribution in [0.1, 0.15) is 89.5 Å². The van der Waals surface area contributed by atoms with Crippen molar-refractivity contribution in [1.82, 2.24) is 5.32 Å². The van der Waals surface area contributed by atoms with E-state index in [4.69, 9.17) is 0 Å². The highest BCUT2D eigenvalue weighted by atomic mass is 16.2. The molecule has 0 spiro atoms. The van der Waals surface area contributed by atoms with E-state index in [0.717, 1.165) is 25.1 Å². The molecule has 0 bridgehead atoms. The van der Waals surface area contributed by atoms with Gasteiger partial charge in [-0.3, -0.25) is 0 Å². The first-order valence-electron chi connectivity index (χ1n) is 11.6. The Balaban J connectivity index is 1.85. The number of urea groups is 1. The van der Waals surface area contributed by atoms with Gasteiger partial charge in [0.25, 0.3) is 0 Å². The topological polar surface area (TPSA) is 41.1 Å². The number of amides is 2. The number of benzene rings is 1. The zero-order valence-corrected chi connectivity index (χ0v) is 18.7. The van der Waals surface area contributed by atoms with Crippen LogP contribution in [-0.2, 0) is 0 Å². The lowest BCUT2D eigenvalue weighted by Gasteiger charge is -2.07. The molecule has 0 radical (unpaired) electrons. The molecule has 0 aliphatic rings. The van der Waals surface area contributed by atoms with E-state index < -0.39 is 0 Å². The smallest absolute Gasteiger partial charge is 0.319 e. The number of anilines is 1. The molecule has 3 heteroatoms. The Morgan fingerprint density at radius 2 is 1.38 bits per heavy atom. The maximum Gasteiger partial charge on any atom is 0.319 e. The van der Waals surface area contributed by atoms with Gasteiger partial charge in [0.05, 0.1) is 0 Å². The lowest BCUT2D eigenvalue weighted by molar-refractivity contribution is 0.252. The van der Waals surface area contributed by atoms with Crippen molar-refractivity contribution in [2.24, 2.45) is 0 Å². The summed E-state index contributed by atoms with van der Waals surface area (Å²) in [4.78, 5) is 11.8. The molecule has 1 aromatic rings. The van der Waals surface area contributed by atoms with E-state index in [0.29, 0.717) is 0 Å². The van der Waals surface area contributed by atoms with Gasteiger partial charge in [0, 0.05) is 12.2 Å². The average Bonchev–Trinajstić information content (AvgIpc) is 2.72. The lowest BCUT2D eigenvalue weighted by atomic mass is 10.1. The minimum atomic E-state index is -0.114. The first-order valence-corrected chi connectivity index (χ1v) is 11.6. The number of carbonyl (C=O) groups is 1. The molecule has 1 rings (SSSR count). The Kier molecular flexibility index (Phi) is 15.5. The number of nitrogens with one attached hydrogen (secondary N) is 2. The molecular weight excluding hydrogens is 356 g/mol. The quantitative estimate of drug-likeness (QED) is 0.215. The fourth-order valence-corrected chi connectivity index (χ4v) is 3.13. The number of hydrogen-bond donors (Lipinski definition) is 2. The predicted octanol–water partition coefficient (Wildman–Crippen LogP) is 7.93. The summed E-state index contributed by atoms with van der Waals surface area (Å²) in [6.45, 7) is 5.03. The highest BCUT2D eigenvalue weighted by Gasteiger charge is 2.00. The fraction of sp³-hybridized carbons (Fsp3) is 0.577. The van der Waals surface area contributed by atoms with Crippen molar-refractivity contribution in [3.05, 3.63) is 54.1 Å². The highest BCUT2D eigenvalue weighted by Crippen LogP contribution is 2.09. The summed E-state index contributed by atoms with van der Waals surface area (Å²) in [7, 11) is 0. The van der Waals surface area contributed by atoms with Gasteiger partial charge in [-0.1, -0.05) is 87.4 Å². The Hall–Kier alpha value is -2.03. The second kappa shape index (κ2) is 18.0. The molecule has 1 aromatic carbocycles. The van der Waals surface area contributed by atoms with E-state index in [9.17, 15) is 4.79 Å². The van der Waals surface area contributed by atoms with Crippen LogP contribution in [0.4, 0.5) is 10.5 Å². The monoisotopic (exact) mass is 398 g/mol. The van der Waals surface area contributed by atoms with Crippen molar-refractivity contribution < 1.29 is 4.79 Å². The van der Waals surface area contributed by atoms with Crippen molar-refractivity contribution in [1.29, 1.82) is 0 Å². The molecule has 0 saturated heterocycles. The van der Waals surface area contributed by atoms with Crippen molar-refractivity contribution in [2.45, 2.75) is 90.9 Å². The predicted molar refractivity (Wildman–Crippen MR) is 128 cm³/mol. The third-order valence-electron chi connectivity index (χ3n) is 4.97. The molecule has 2 amide bonds. The standard InChI is InChI=1S/C26H42N2O/c1-3-4-5-6-7-8-9-10-11-12-13-14-15-16-17-18-23-27-26(29)28-25-21-19-24(2)20-22-25/h7-8,10-11,19-22H,3-6,9,12-18,23H2,1-2H3,(H2,27,28,29)/b8-7+,11-10-. The lowest BCUT2D eigenvalue weighted by Crippen LogP contribution is -2.29. The number of rotatable bonds is 16. The molecule has 0 aliphatic heterocycles. The van der Waals surface area contributed by atoms with Gasteiger partial charge in [-0.15, -0.1) is 0 Å². The van der Waals surface area contributed by atoms with Crippen LogP contribution in [0, 0.1) is 6.92 Å². The third kappa shape index (κ3) is 15.6. The van der Waals surface area contributed by atoms with Crippen LogP contribution in [-0.4, -0.2) is 12.6 Å². The molecule has 0 aliphatic carbocycles. The maximum atomic E-state index is 11.8. The number of carbonyl (C=O) groups excluding carboxylic acids is 1. The fourth-order valence-electron chi connectivity index (χ4n) is 3.13. The summed E-state index contributed by atoms with van der Waals surface area (Å²) >= 11 is 0. The second-order valence-electron chi connectivity index (χ2n) is 7.83. The van der Waals surface area contributed by atoms with Gasteiger partial charge >= 0.3 is 6.03 Å². The summed E-state index contributed by atoms with van der Waals surface area (Å²) in [6.07, 6.45) is 24.1. The van der Waals surface area contributed by atoms with Crippen LogP contribution < -0.4 is 10.6 Å². The normalized spacial score (nSPS) is 11.4. The molecule has 2 N–H and O–H groups in total. The molecule has 0 atom stereocenters. The van der Waals surface area contributed by atoms with Gasteiger partial charge in [-0.2, -0.15) is 0 Å². The van der Waals surface area contributed by atoms with E-state index in [-0.39, 0.29) is 6.03 Å². The van der Waals surface area contributed by atoms with Gasteiger partial charge in [0.15, 0.2) is 0 Å². The molecule has 162 valence electrons. The van der Waals surface area contributed by atoms with Gasteiger partial charge < -0.3 is 10.6 Å². The highest BCUT2D eigenvalue weighted by molar-refractivity contribution is 5.89. The first kappa shape index (κ1) is 25.0. The number of hydrogen-bond acceptors (Lipinski definition) is 1. The second-order valence-corrected chi connectivity index (χ2v) is 7.83. The van der Waals surface area contributed by atoms with Gasteiger partial charge in [-0.25, -0.2) is 4.79 Å². The minimum absolute atomic E-state index is 0.114. The summed E-state index contributed by atoms with van der Waals surface area (Å²) in [5, 5.41) is 5.79. The van der Waals surface area contributed by atoms with Crippen LogP contribution in [0.5, 0.6) is 0 Å². The van der Waals surface area contributed by atoms with E-state index in [1.54, 1.807) is 0 Å². The van der Waals surface area contributed by atoms with Crippen LogP contribution in [0.2, 0.25) is 0 Å². The van der Waals surface area contributed by atoms with Gasteiger partial charge in [-0.05, 0) is 57.6 Å². The molecule has 0 saturated carbocycles. The van der Waals surface area contributed by atoms with Gasteiger partial charge in [0.1, 0.15) is 0 Å². The van der Waals surface area contributed by atoms with E-state index in [1.807, 2.05) is 31.2 Å². The van der Waals surface area contributed by atoms with E-state index >= 15 is 0 Å². The van der Waals surface area contributed by atoms with Crippen molar-refractivity contribution in [2.75, 3.05) is 11.9 Å². The molecular formula is C26H42N2O. The van der Waals surface area contributed by atoms with Crippen LogP contribution >= 0.6 is 0 Å².